The largest absolute Gasteiger partial charge is 0.343 e. The summed E-state index contributed by atoms with van der Waals surface area (Å²) >= 11 is 0. The minimum atomic E-state index is 1.08. The Labute approximate surface area is 255 Å². The van der Waals surface area contributed by atoms with Crippen LogP contribution in [-0.4, -0.2) is 19.6 Å². The van der Waals surface area contributed by atoms with E-state index in [1.807, 2.05) is 0 Å². The Hall–Kier alpha value is -3.24. The normalized spacial score (nSPS) is 11.1. The van der Waals surface area contributed by atoms with Gasteiger partial charge in [0.05, 0.1) is 19.6 Å². The van der Waals surface area contributed by atoms with E-state index >= 15 is 0 Å². The topological polar surface area (TPSA) is 49.8 Å². The molecule has 42 heavy (non-hydrogen) atoms. The first-order chi connectivity index (χ1) is 20.8. The summed E-state index contributed by atoms with van der Waals surface area (Å²) in [5, 5.41) is 7.53. The Balaban J connectivity index is 1.18. The van der Waals surface area contributed by atoms with Crippen LogP contribution in [-0.2, 0) is 38.9 Å². The van der Waals surface area contributed by atoms with E-state index in [9.17, 15) is 0 Å². The zero-order chi connectivity index (χ0) is 28.9. The Morgan fingerprint density at radius 1 is 0.310 bits per heavy atom. The van der Waals surface area contributed by atoms with Crippen LogP contribution in [0.1, 0.15) is 71.9 Å². The highest BCUT2D eigenvalue weighted by atomic mass is 14.9. The highest BCUT2D eigenvalue weighted by Crippen LogP contribution is 2.10. The van der Waals surface area contributed by atoms with Crippen molar-refractivity contribution in [1.29, 1.82) is 0 Å². The van der Waals surface area contributed by atoms with Gasteiger partial charge in [0.2, 0.25) is 0 Å². The van der Waals surface area contributed by atoms with Gasteiger partial charge >= 0.3 is 0 Å². The Bertz CT molecular complexity index is 1060. The second-order valence-electron chi connectivity index (χ2n) is 11.8. The molecule has 0 heterocycles. The van der Waals surface area contributed by atoms with Crippen LogP contribution in [0.4, 0.5) is 0 Å². The number of unbranched alkanes of at least 4 members (excludes halogenated alkanes) is 3. The van der Waals surface area contributed by atoms with E-state index in [1.165, 1.54) is 111 Å². The van der Waals surface area contributed by atoms with Crippen LogP contribution < -0.4 is 16.0 Å². The summed E-state index contributed by atoms with van der Waals surface area (Å²) in [4.78, 5) is 0. The van der Waals surface area contributed by atoms with E-state index in [0.29, 0.717) is 0 Å². The van der Waals surface area contributed by atoms with E-state index in [-0.39, 0.29) is 0 Å². The maximum atomic E-state index is 2.51. The maximum Gasteiger partial charge on any atom is 0.101 e. The van der Waals surface area contributed by atoms with Crippen LogP contribution in [0.5, 0.6) is 0 Å². The third kappa shape index (κ3) is 13.2. The van der Waals surface area contributed by atoms with Gasteiger partial charge in [-0.05, 0) is 92.7 Å². The van der Waals surface area contributed by atoms with E-state index in [0.717, 1.165) is 19.6 Å². The van der Waals surface area contributed by atoms with Crippen molar-refractivity contribution >= 4 is 0 Å². The van der Waals surface area contributed by atoms with Gasteiger partial charge in [-0.1, -0.05) is 91.0 Å². The van der Waals surface area contributed by atoms with Crippen LogP contribution in [0.2, 0.25) is 0 Å². The van der Waals surface area contributed by atoms with Gasteiger partial charge in [0.25, 0.3) is 0 Å². The van der Waals surface area contributed by atoms with Crippen LogP contribution in [0, 0.1) is 0 Å². The van der Waals surface area contributed by atoms with Crippen molar-refractivity contribution in [2.45, 2.75) is 77.4 Å². The van der Waals surface area contributed by atoms with E-state index in [1.54, 1.807) is 0 Å². The minimum Gasteiger partial charge on any atom is -0.343 e. The van der Waals surface area contributed by atoms with Crippen LogP contribution in [0.15, 0.2) is 109 Å². The van der Waals surface area contributed by atoms with E-state index in [4.69, 9.17) is 0 Å². The lowest BCUT2D eigenvalue weighted by atomic mass is 10.0. The standard InChI is InChI=1S/C39H51N3/c1-4-16-34(17-5-1)22-10-13-25-40-31-37-28-38(32-41-26-14-11-23-35-18-6-2-7-19-35)30-39(29-37)33-42-27-15-12-24-36-20-8-3-9-21-36/h1-9,16-21,28-30,40-42H,10-15,22-27,31-33H2/p+3. The second kappa shape index (κ2) is 19.8. The minimum absolute atomic E-state index is 1.08. The van der Waals surface area contributed by atoms with Crippen LogP contribution >= 0.6 is 0 Å². The number of quaternary nitrogens is 3. The van der Waals surface area contributed by atoms with Gasteiger partial charge in [0.15, 0.2) is 0 Å². The van der Waals surface area contributed by atoms with Crippen molar-refractivity contribution in [2.75, 3.05) is 19.6 Å². The first kappa shape index (κ1) is 31.7. The van der Waals surface area contributed by atoms with Gasteiger partial charge in [0, 0.05) is 16.7 Å². The summed E-state index contributed by atoms with van der Waals surface area (Å²) in [7, 11) is 0. The number of benzene rings is 4. The molecule has 4 aromatic carbocycles. The monoisotopic (exact) mass is 564 g/mol. The fraction of sp³-hybridized carbons (Fsp3) is 0.385. The molecule has 3 heteroatoms. The summed E-state index contributed by atoms with van der Waals surface area (Å²) in [6.07, 6.45) is 11.2. The molecule has 0 spiro atoms. The molecule has 0 aromatic heterocycles. The smallest absolute Gasteiger partial charge is 0.101 e. The molecule has 0 bridgehead atoms. The fourth-order valence-corrected chi connectivity index (χ4v) is 5.79. The molecule has 0 radical (unpaired) electrons. The molecule has 0 atom stereocenters. The highest BCUT2D eigenvalue weighted by molar-refractivity contribution is 5.29. The number of hydrogen-bond acceptors (Lipinski definition) is 0. The number of rotatable bonds is 21. The Kier molecular flexibility index (Phi) is 14.9. The molecule has 0 saturated heterocycles. The number of hydrogen-bond donors (Lipinski definition) is 3. The summed E-state index contributed by atoms with van der Waals surface area (Å²) < 4.78 is 0. The molecule has 0 fully saturated rings. The predicted octanol–water partition coefficient (Wildman–Crippen LogP) is 4.95. The summed E-state index contributed by atoms with van der Waals surface area (Å²) in [6, 6.07) is 40.1. The van der Waals surface area contributed by atoms with Gasteiger partial charge in [-0.15, -0.1) is 0 Å². The SMILES string of the molecule is c1ccc(CCCC[NH2+]Cc2cc(C[NH2+]CCCCc3ccccc3)cc(C[NH2+]CCCCc3ccccc3)c2)cc1. The molecule has 0 amide bonds. The van der Waals surface area contributed by atoms with Crippen molar-refractivity contribution in [3.63, 3.8) is 0 Å². The first-order valence-electron chi connectivity index (χ1n) is 16.5. The van der Waals surface area contributed by atoms with Gasteiger partial charge in [0.1, 0.15) is 19.6 Å². The molecular formula is C39H54N3+3. The van der Waals surface area contributed by atoms with Crippen molar-refractivity contribution in [1.82, 2.24) is 0 Å². The molecule has 0 saturated carbocycles. The maximum absolute atomic E-state index is 2.51. The molecular weight excluding hydrogens is 510 g/mol. The van der Waals surface area contributed by atoms with Crippen molar-refractivity contribution in [2.24, 2.45) is 0 Å². The van der Waals surface area contributed by atoms with Crippen LogP contribution in [0.25, 0.3) is 0 Å². The fourth-order valence-electron chi connectivity index (χ4n) is 5.79. The zero-order valence-electron chi connectivity index (χ0n) is 25.7. The summed E-state index contributed by atoms with van der Waals surface area (Å²) in [5.41, 5.74) is 8.84. The average Bonchev–Trinajstić information content (AvgIpc) is 3.04. The summed E-state index contributed by atoms with van der Waals surface area (Å²) in [5.74, 6) is 0. The lowest BCUT2D eigenvalue weighted by Crippen LogP contribution is -2.83. The molecule has 4 rings (SSSR count). The molecule has 0 aliphatic rings. The van der Waals surface area contributed by atoms with Crippen molar-refractivity contribution in [3.8, 4) is 0 Å². The number of aryl methyl sites for hydroxylation is 3. The number of nitrogens with two attached hydrogens (primary N) is 3. The third-order valence-electron chi connectivity index (χ3n) is 8.15. The molecule has 222 valence electrons. The third-order valence-corrected chi connectivity index (χ3v) is 8.15. The molecule has 4 aromatic rings. The van der Waals surface area contributed by atoms with Gasteiger partial charge in [-0.2, -0.15) is 0 Å². The van der Waals surface area contributed by atoms with Crippen LogP contribution in [0.3, 0.4) is 0 Å². The van der Waals surface area contributed by atoms with E-state index < -0.39 is 0 Å². The van der Waals surface area contributed by atoms with Crippen molar-refractivity contribution < 1.29 is 16.0 Å². The average molecular weight is 565 g/mol. The molecule has 0 unspecified atom stereocenters. The molecule has 3 nitrogen and oxygen atoms in total. The lowest BCUT2D eigenvalue weighted by Gasteiger charge is -2.10. The second-order valence-corrected chi connectivity index (χ2v) is 11.8. The summed E-state index contributed by atoms with van der Waals surface area (Å²) in [6.45, 7) is 6.86. The highest BCUT2D eigenvalue weighted by Gasteiger charge is 2.07. The zero-order valence-corrected chi connectivity index (χ0v) is 25.7. The predicted molar refractivity (Wildman–Crippen MR) is 176 cm³/mol. The van der Waals surface area contributed by atoms with Gasteiger partial charge in [-0.3, -0.25) is 0 Å². The van der Waals surface area contributed by atoms with Gasteiger partial charge in [-0.25, -0.2) is 0 Å². The first-order valence-corrected chi connectivity index (χ1v) is 16.5. The lowest BCUT2D eigenvalue weighted by molar-refractivity contribution is -0.672. The molecule has 6 N–H and O–H groups in total. The Morgan fingerprint density at radius 3 is 0.881 bits per heavy atom. The van der Waals surface area contributed by atoms with E-state index in [2.05, 4.69) is 125 Å². The molecule has 0 aliphatic carbocycles. The van der Waals surface area contributed by atoms with Gasteiger partial charge < -0.3 is 16.0 Å². The Morgan fingerprint density at radius 2 is 0.595 bits per heavy atom. The quantitative estimate of drug-likeness (QED) is 0.120. The van der Waals surface area contributed by atoms with Crippen molar-refractivity contribution in [3.05, 3.63) is 143 Å². The molecule has 0 aliphatic heterocycles.